The molecular weight excluding hydrogens is 364 g/mol. The summed E-state index contributed by atoms with van der Waals surface area (Å²) in [6.07, 6.45) is -3.53. The lowest BCUT2D eigenvalue weighted by atomic mass is 9.99. The standard InChI is InChI=1S/C21H22O7/c22-12-17-18(24)19(25)20(26)21(28-17)27-15-9-6-13(7-10-15)8-11-16(23)14-4-2-1-3-5-14/h1-11,17-22,24-26H,12H2. The molecule has 1 aliphatic rings. The van der Waals surface area contributed by atoms with Crippen molar-refractivity contribution < 1.29 is 34.7 Å². The second kappa shape index (κ2) is 9.09. The lowest BCUT2D eigenvalue weighted by Gasteiger charge is -2.39. The van der Waals surface area contributed by atoms with Crippen LogP contribution in [0.1, 0.15) is 15.9 Å². The van der Waals surface area contributed by atoms with Crippen LogP contribution in [0, 0.1) is 0 Å². The average Bonchev–Trinajstić information content (AvgIpc) is 2.74. The van der Waals surface area contributed by atoms with Gasteiger partial charge in [0.15, 0.2) is 5.78 Å². The van der Waals surface area contributed by atoms with E-state index in [2.05, 4.69) is 0 Å². The number of allylic oxidation sites excluding steroid dienone is 1. The Kier molecular flexibility index (Phi) is 6.56. The summed E-state index contributed by atoms with van der Waals surface area (Å²) in [5.74, 6) is 0.248. The molecule has 4 N–H and O–H groups in total. The third-order valence-electron chi connectivity index (χ3n) is 4.47. The molecule has 0 spiro atoms. The van der Waals surface area contributed by atoms with Gasteiger partial charge in [-0.1, -0.05) is 48.5 Å². The van der Waals surface area contributed by atoms with Crippen LogP contribution in [0.2, 0.25) is 0 Å². The smallest absolute Gasteiger partial charge is 0.229 e. The highest BCUT2D eigenvalue weighted by atomic mass is 16.7. The lowest BCUT2D eigenvalue weighted by Crippen LogP contribution is -2.60. The van der Waals surface area contributed by atoms with Crippen LogP contribution in [0.25, 0.3) is 6.08 Å². The number of hydrogen-bond acceptors (Lipinski definition) is 7. The van der Waals surface area contributed by atoms with E-state index in [1.807, 2.05) is 6.07 Å². The molecule has 1 saturated heterocycles. The predicted molar refractivity (Wildman–Crippen MR) is 101 cm³/mol. The summed E-state index contributed by atoms with van der Waals surface area (Å²) in [7, 11) is 0. The molecular formula is C21H22O7. The molecule has 28 heavy (non-hydrogen) atoms. The van der Waals surface area contributed by atoms with Crippen LogP contribution in [0.3, 0.4) is 0 Å². The van der Waals surface area contributed by atoms with Gasteiger partial charge in [-0.2, -0.15) is 0 Å². The normalized spacial score (nSPS) is 27.6. The van der Waals surface area contributed by atoms with E-state index in [4.69, 9.17) is 9.47 Å². The molecule has 0 radical (unpaired) electrons. The Balaban J connectivity index is 1.63. The summed E-state index contributed by atoms with van der Waals surface area (Å²) >= 11 is 0. The average molecular weight is 386 g/mol. The van der Waals surface area contributed by atoms with E-state index in [9.17, 15) is 25.2 Å². The Morgan fingerprint density at radius 1 is 0.964 bits per heavy atom. The summed E-state index contributed by atoms with van der Waals surface area (Å²) in [5, 5.41) is 38.8. The number of aliphatic hydroxyl groups excluding tert-OH is 4. The molecule has 0 aliphatic carbocycles. The molecule has 2 aromatic carbocycles. The second-order valence-electron chi connectivity index (χ2n) is 6.45. The number of carbonyl (C=O) groups is 1. The fourth-order valence-electron chi connectivity index (χ4n) is 2.83. The number of benzene rings is 2. The fraction of sp³-hybridized carbons (Fsp3) is 0.286. The van der Waals surface area contributed by atoms with Gasteiger partial charge in [-0.15, -0.1) is 0 Å². The van der Waals surface area contributed by atoms with Gasteiger partial charge in [0.2, 0.25) is 6.29 Å². The van der Waals surface area contributed by atoms with Crippen molar-refractivity contribution in [1.29, 1.82) is 0 Å². The highest BCUT2D eigenvalue weighted by molar-refractivity contribution is 6.06. The maximum absolute atomic E-state index is 12.1. The zero-order valence-corrected chi connectivity index (χ0v) is 15.0. The van der Waals surface area contributed by atoms with Gasteiger partial charge in [0.25, 0.3) is 0 Å². The van der Waals surface area contributed by atoms with Crippen LogP contribution in [0.15, 0.2) is 60.7 Å². The SMILES string of the molecule is O=C(C=Cc1ccc(OC2OC(CO)C(O)C(O)C2O)cc1)c1ccccc1. The third-order valence-corrected chi connectivity index (χ3v) is 4.47. The summed E-state index contributed by atoms with van der Waals surface area (Å²) in [5.41, 5.74) is 1.37. The van der Waals surface area contributed by atoms with Crippen molar-refractivity contribution in [3.63, 3.8) is 0 Å². The Labute approximate surface area is 162 Å². The van der Waals surface area contributed by atoms with Gasteiger partial charge in [-0.3, -0.25) is 4.79 Å². The molecule has 0 bridgehead atoms. The van der Waals surface area contributed by atoms with Crippen molar-refractivity contribution in [2.45, 2.75) is 30.7 Å². The molecule has 7 heteroatoms. The first-order valence-electron chi connectivity index (χ1n) is 8.84. The zero-order chi connectivity index (χ0) is 20.1. The molecule has 0 amide bonds. The quantitative estimate of drug-likeness (QED) is 0.428. The van der Waals surface area contributed by atoms with Crippen LogP contribution in [-0.4, -0.2) is 63.5 Å². The first-order chi connectivity index (χ1) is 13.5. The number of rotatable bonds is 6. The minimum absolute atomic E-state index is 0.109. The van der Waals surface area contributed by atoms with Crippen LogP contribution < -0.4 is 4.74 Å². The topological polar surface area (TPSA) is 116 Å². The van der Waals surface area contributed by atoms with E-state index in [1.54, 1.807) is 54.6 Å². The summed E-state index contributed by atoms with van der Waals surface area (Å²) < 4.78 is 10.8. The van der Waals surface area contributed by atoms with Crippen LogP contribution in [0.4, 0.5) is 0 Å². The second-order valence-corrected chi connectivity index (χ2v) is 6.45. The number of aliphatic hydroxyl groups is 4. The van der Waals surface area contributed by atoms with Crippen molar-refractivity contribution in [2.75, 3.05) is 6.61 Å². The van der Waals surface area contributed by atoms with Gasteiger partial charge in [0, 0.05) is 5.56 Å². The predicted octanol–water partition coefficient (Wildman–Crippen LogP) is 0.761. The van der Waals surface area contributed by atoms with E-state index in [0.29, 0.717) is 11.3 Å². The molecule has 1 aliphatic heterocycles. The lowest BCUT2D eigenvalue weighted by molar-refractivity contribution is -0.277. The van der Waals surface area contributed by atoms with Gasteiger partial charge < -0.3 is 29.9 Å². The monoisotopic (exact) mass is 386 g/mol. The Hall–Kier alpha value is -2.55. The molecule has 0 saturated carbocycles. The maximum Gasteiger partial charge on any atom is 0.229 e. The molecule has 1 fully saturated rings. The van der Waals surface area contributed by atoms with Crippen molar-refractivity contribution >= 4 is 11.9 Å². The van der Waals surface area contributed by atoms with E-state index in [1.165, 1.54) is 6.08 Å². The Morgan fingerprint density at radius 2 is 1.64 bits per heavy atom. The van der Waals surface area contributed by atoms with Gasteiger partial charge in [-0.25, -0.2) is 0 Å². The minimum Gasteiger partial charge on any atom is -0.462 e. The maximum atomic E-state index is 12.1. The summed E-state index contributed by atoms with van der Waals surface area (Å²) in [6.45, 7) is -0.524. The molecule has 2 aromatic rings. The summed E-state index contributed by atoms with van der Waals surface area (Å²) in [6, 6.07) is 15.6. The van der Waals surface area contributed by atoms with Crippen molar-refractivity contribution in [3.8, 4) is 5.75 Å². The first-order valence-corrected chi connectivity index (χ1v) is 8.84. The molecule has 7 nitrogen and oxygen atoms in total. The van der Waals surface area contributed by atoms with Crippen molar-refractivity contribution in [2.24, 2.45) is 0 Å². The van der Waals surface area contributed by atoms with Crippen LogP contribution >= 0.6 is 0 Å². The molecule has 3 rings (SSSR count). The fourth-order valence-corrected chi connectivity index (χ4v) is 2.83. The van der Waals surface area contributed by atoms with Crippen LogP contribution in [0.5, 0.6) is 5.75 Å². The molecule has 0 aromatic heterocycles. The number of ketones is 1. The largest absolute Gasteiger partial charge is 0.462 e. The van der Waals surface area contributed by atoms with E-state index in [-0.39, 0.29) is 5.78 Å². The van der Waals surface area contributed by atoms with E-state index < -0.39 is 37.3 Å². The minimum atomic E-state index is -1.50. The Bertz CT molecular complexity index is 801. The van der Waals surface area contributed by atoms with Crippen LogP contribution in [-0.2, 0) is 4.74 Å². The molecule has 148 valence electrons. The van der Waals surface area contributed by atoms with Gasteiger partial charge >= 0.3 is 0 Å². The zero-order valence-electron chi connectivity index (χ0n) is 15.0. The Morgan fingerprint density at radius 3 is 2.29 bits per heavy atom. The molecule has 5 unspecified atom stereocenters. The van der Waals surface area contributed by atoms with E-state index >= 15 is 0 Å². The van der Waals surface area contributed by atoms with Gasteiger partial charge in [0.05, 0.1) is 6.61 Å². The molecule has 1 heterocycles. The van der Waals surface area contributed by atoms with Crippen molar-refractivity contribution in [1.82, 2.24) is 0 Å². The third kappa shape index (κ3) is 4.64. The number of carbonyl (C=O) groups excluding carboxylic acids is 1. The molecule has 5 atom stereocenters. The van der Waals surface area contributed by atoms with Crippen molar-refractivity contribution in [3.05, 3.63) is 71.8 Å². The first kappa shape index (κ1) is 20.2. The summed E-state index contributed by atoms with van der Waals surface area (Å²) in [4.78, 5) is 12.1. The van der Waals surface area contributed by atoms with E-state index in [0.717, 1.165) is 5.56 Å². The van der Waals surface area contributed by atoms with Gasteiger partial charge in [0.1, 0.15) is 30.2 Å². The highest BCUT2D eigenvalue weighted by Crippen LogP contribution is 2.24. The highest BCUT2D eigenvalue weighted by Gasteiger charge is 2.44. The van der Waals surface area contributed by atoms with Gasteiger partial charge in [-0.05, 0) is 23.8 Å². The number of ether oxygens (including phenoxy) is 2. The number of hydrogen-bond donors (Lipinski definition) is 4.